The van der Waals surface area contributed by atoms with Crippen LogP contribution in [0.1, 0.15) is 19.4 Å². The number of ether oxygens (including phenoxy) is 2. The van der Waals surface area contributed by atoms with Crippen LogP contribution in [0.3, 0.4) is 0 Å². The number of benzene rings is 2. The van der Waals surface area contributed by atoms with Crippen LogP contribution in [0, 0.1) is 15.9 Å². The molecule has 0 fully saturated rings. The first-order valence-corrected chi connectivity index (χ1v) is 9.93. The van der Waals surface area contributed by atoms with E-state index in [2.05, 4.69) is 10.1 Å². The van der Waals surface area contributed by atoms with E-state index in [9.17, 15) is 14.5 Å². The molecule has 1 aliphatic heterocycles. The topological polar surface area (TPSA) is 91.2 Å². The van der Waals surface area contributed by atoms with E-state index in [1.807, 2.05) is 13.8 Å². The van der Waals surface area contributed by atoms with Gasteiger partial charge in [-0.05, 0) is 32.0 Å². The van der Waals surface area contributed by atoms with Crippen molar-refractivity contribution in [2.45, 2.75) is 19.9 Å². The molecule has 2 aromatic carbocycles. The van der Waals surface area contributed by atoms with Crippen LogP contribution in [0.4, 0.5) is 10.1 Å². The molecule has 0 radical (unpaired) electrons. The third-order valence-electron chi connectivity index (χ3n) is 4.23. The number of fused-ring (bicyclic) bond motifs is 1. The molecule has 0 N–H and O–H groups in total. The number of rotatable bonds is 5. The molecule has 0 unspecified atom stereocenters. The lowest BCUT2D eigenvalue weighted by Gasteiger charge is -2.06. The van der Waals surface area contributed by atoms with Gasteiger partial charge in [0, 0.05) is 17.0 Å². The van der Waals surface area contributed by atoms with Crippen molar-refractivity contribution in [1.29, 1.82) is 0 Å². The lowest BCUT2D eigenvalue weighted by Crippen LogP contribution is -2.14. The maximum atomic E-state index is 14.4. The summed E-state index contributed by atoms with van der Waals surface area (Å²) in [5.41, 5.74) is 0.917. The Bertz CT molecular complexity index is 1220. The molecule has 0 aliphatic carbocycles. The second kappa shape index (κ2) is 8.07. The van der Waals surface area contributed by atoms with Gasteiger partial charge in [0.05, 0.1) is 28.5 Å². The molecule has 3 aromatic rings. The number of thiazole rings is 1. The molecule has 4 rings (SSSR count). The number of hydrogen-bond donors (Lipinski definition) is 0. The fraction of sp³-hybridized carbons (Fsp3) is 0.200. The molecule has 10 heteroatoms. The number of nitro groups is 1. The van der Waals surface area contributed by atoms with E-state index in [0.29, 0.717) is 27.6 Å². The summed E-state index contributed by atoms with van der Waals surface area (Å²) in [5.74, 6) is 0.313. The molecule has 1 aliphatic rings. The molecule has 30 heavy (non-hydrogen) atoms. The fourth-order valence-electron chi connectivity index (χ4n) is 2.90. The van der Waals surface area contributed by atoms with Gasteiger partial charge in [-0.2, -0.15) is 5.10 Å². The van der Waals surface area contributed by atoms with E-state index in [0.717, 1.165) is 0 Å². The Kier molecular flexibility index (Phi) is 5.32. The van der Waals surface area contributed by atoms with Gasteiger partial charge < -0.3 is 9.47 Å². The SMILES string of the molecule is CC(C)N=c1scc(-c2ccccc2F)n1N=Cc1cc2c(cc1[N+](=O)[O-])OCO2. The lowest BCUT2D eigenvalue weighted by molar-refractivity contribution is -0.385. The minimum absolute atomic E-state index is 0.00120. The van der Waals surface area contributed by atoms with Crippen LogP contribution in [0.15, 0.2) is 51.9 Å². The zero-order valence-electron chi connectivity index (χ0n) is 16.1. The number of hydrogen-bond acceptors (Lipinski definition) is 7. The van der Waals surface area contributed by atoms with Crippen LogP contribution in [-0.2, 0) is 0 Å². The molecule has 0 spiro atoms. The summed E-state index contributed by atoms with van der Waals surface area (Å²) in [6, 6.07) is 9.13. The Balaban J connectivity index is 1.86. The highest BCUT2D eigenvalue weighted by Crippen LogP contribution is 2.37. The van der Waals surface area contributed by atoms with Crippen molar-refractivity contribution in [3.05, 3.63) is 68.1 Å². The van der Waals surface area contributed by atoms with Gasteiger partial charge in [-0.1, -0.05) is 12.1 Å². The molecular formula is C20H17FN4O4S. The normalized spacial score (nSPS) is 13.5. The van der Waals surface area contributed by atoms with Crippen molar-refractivity contribution >= 4 is 23.2 Å². The van der Waals surface area contributed by atoms with Crippen molar-refractivity contribution in [2.75, 3.05) is 6.79 Å². The standard InChI is InChI=1S/C20H17FN4O4S/c1-12(2)23-20-24(17(10-30-20)14-5-3-4-6-15(14)21)22-9-13-7-18-19(29-11-28-18)8-16(13)25(26)27/h3-10,12H,11H2,1-2H3. The first-order valence-electron chi connectivity index (χ1n) is 9.05. The summed E-state index contributed by atoms with van der Waals surface area (Å²) in [7, 11) is 0. The summed E-state index contributed by atoms with van der Waals surface area (Å²) in [5, 5.41) is 17.7. The minimum atomic E-state index is -0.515. The largest absolute Gasteiger partial charge is 0.454 e. The van der Waals surface area contributed by atoms with Crippen LogP contribution in [-0.4, -0.2) is 28.6 Å². The Morgan fingerprint density at radius 1 is 1.27 bits per heavy atom. The van der Waals surface area contributed by atoms with Crippen molar-refractivity contribution in [3.63, 3.8) is 0 Å². The molecule has 0 atom stereocenters. The van der Waals surface area contributed by atoms with Crippen molar-refractivity contribution < 1.29 is 18.8 Å². The third-order valence-corrected chi connectivity index (χ3v) is 5.06. The van der Waals surface area contributed by atoms with E-state index in [-0.39, 0.29) is 24.1 Å². The third kappa shape index (κ3) is 3.81. The highest BCUT2D eigenvalue weighted by Gasteiger charge is 2.22. The summed E-state index contributed by atoms with van der Waals surface area (Å²) >= 11 is 1.31. The van der Waals surface area contributed by atoms with E-state index >= 15 is 0 Å². The molecule has 2 heterocycles. The maximum absolute atomic E-state index is 14.4. The molecule has 0 amide bonds. The molecule has 0 saturated heterocycles. The minimum Gasteiger partial charge on any atom is -0.454 e. The maximum Gasteiger partial charge on any atom is 0.282 e. The van der Waals surface area contributed by atoms with E-state index < -0.39 is 10.7 Å². The van der Waals surface area contributed by atoms with E-state index in [1.165, 1.54) is 40.4 Å². The van der Waals surface area contributed by atoms with E-state index in [4.69, 9.17) is 9.47 Å². The zero-order valence-corrected chi connectivity index (χ0v) is 16.9. The first kappa shape index (κ1) is 19.8. The second-order valence-electron chi connectivity index (χ2n) is 6.68. The van der Waals surface area contributed by atoms with Crippen molar-refractivity contribution in [1.82, 2.24) is 4.68 Å². The molecule has 154 valence electrons. The summed E-state index contributed by atoms with van der Waals surface area (Å²) in [6.45, 7) is 3.83. The molecule has 0 saturated carbocycles. The first-order chi connectivity index (χ1) is 14.4. The predicted molar refractivity (Wildman–Crippen MR) is 111 cm³/mol. The Hall–Kier alpha value is -3.53. The number of halogens is 1. The van der Waals surface area contributed by atoms with Gasteiger partial charge in [0.1, 0.15) is 5.82 Å². The monoisotopic (exact) mass is 428 g/mol. The van der Waals surface area contributed by atoms with Crippen LogP contribution >= 0.6 is 11.3 Å². The Labute approximate surface area is 174 Å². The summed E-state index contributed by atoms with van der Waals surface area (Å²) in [4.78, 5) is 16.1. The van der Waals surface area contributed by atoms with Gasteiger partial charge in [-0.3, -0.25) is 15.1 Å². The summed E-state index contributed by atoms with van der Waals surface area (Å²) in [6.07, 6.45) is 1.34. The zero-order chi connectivity index (χ0) is 21.3. The average molecular weight is 428 g/mol. The average Bonchev–Trinajstić information content (AvgIpc) is 3.31. The molecule has 0 bridgehead atoms. The van der Waals surface area contributed by atoms with Gasteiger partial charge >= 0.3 is 0 Å². The number of nitro benzene ring substituents is 1. The summed E-state index contributed by atoms with van der Waals surface area (Å²) < 4.78 is 26.4. The molecular weight excluding hydrogens is 411 g/mol. The quantitative estimate of drug-likeness (QED) is 0.346. The number of nitrogens with zero attached hydrogens (tertiary/aromatic N) is 4. The Morgan fingerprint density at radius 3 is 2.70 bits per heavy atom. The van der Waals surface area contributed by atoms with Gasteiger partial charge in [-0.15, -0.1) is 11.3 Å². The second-order valence-corrected chi connectivity index (χ2v) is 7.52. The molecule has 8 nitrogen and oxygen atoms in total. The van der Waals surface area contributed by atoms with Crippen LogP contribution in [0.2, 0.25) is 0 Å². The van der Waals surface area contributed by atoms with E-state index in [1.54, 1.807) is 23.6 Å². The smallest absolute Gasteiger partial charge is 0.282 e. The van der Waals surface area contributed by atoms with Crippen LogP contribution in [0.5, 0.6) is 11.5 Å². The lowest BCUT2D eigenvalue weighted by atomic mass is 10.1. The predicted octanol–water partition coefficient (Wildman–Crippen LogP) is 4.18. The Morgan fingerprint density at radius 2 is 2.00 bits per heavy atom. The highest BCUT2D eigenvalue weighted by molar-refractivity contribution is 7.07. The van der Waals surface area contributed by atoms with Crippen LogP contribution in [0.25, 0.3) is 11.3 Å². The highest BCUT2D eigenvalue weighted by atomic mass is 32.1. The fourth-order valence-corrected chi connectivity index (χ4v) is 3.86. The van der Waals surface area contributed by atoms with Crippen molar-refractivity contribution in [2.24, 2.45) is 10.1 Å². The van der Waals surface area contributed by atoms with Crippen molar-refractivity contribution in [3.8, 4) is 22.8 Å². The van der Waals surface area contributed by atoms with Crippen LogP contribution < -0.4 is 14.3 Å². The van der Waals surface area contributed by atoms with Gasteiger partial charge in [0.2, 0.25) is 11.6 Å². The number of aromatic nitrogens is 1. The molecule has 1 aromatic heterocycles. The van der Waals surface area contributed by atoms with Gasteiger partial charge in [-0.25, -0.2) is 9.07 Å². The van der Waals surface area contributed by atoms with Gasteiger partial charge in [0.25, 0.3) is 5.69 Å². The van der Waals surface area contributed by atoms with Gasteiger partial charge in [0.15, 0.2) is 11.5 Å².